The van der Waals surface area contributed by atoms with Crippen LogP contribution >= 0.6 is 0 Å². The zero-order chi connectivity index (χ0) is 6.41. The molecule has 0 atom stereocenters. The second kappa shape index (κ2) is 4.17. The van der Waals surface area contributed by atoms with Crippen molar-refractivity contribution in [3.8, 4) is 0 Å². The first kappa shape index (κ1) is 7.00. The molecule has 0 bridgehead atoms. The van der Waals surface area contributed by atoms with Crippen molar-refractivity contribution in [2.45, 2.75) is 0 Å². The first-order chi connectivity index (χ1) is 3.77. The van der Waals surface area contributed by atoms with E-state index in [2.05, 4.69) is 4.99 Å². The van der Waals surface area contributed by atoms with Crippen LogP contribution in [-0.2, 0) is 9.50 Å². The van der Waals surface area contributed by atoms with Crippen LogP contribution in [0.2, 0.25) is 0 Å². The molecule has 0 aliphatic carbocycles. The maximum atomic E-state index is 9.64. The first-order valence-corrected chi connectivity index (χ1v) is 1.92. The zero-order valence-electron chi connectivity index (χ0n) is 4.07. The van der Waals surface area contributed by atoms with Crippen LogP contribution in [0.5, 0.6) is 0 Å². The molecule has 0 saturated carbocycles. The molecule has 1 N–H and O–H groups in total. The summed E-state index contributed by atoms with van der Waals surface area (Å²) in [6.07, 6.45) is 0.911. The average Bonchev–Trinajstić information content (AvgIpc) is 1.66. The van der Waals surface area contributed by atoms with Gasteiger partial charge in [0, 0.05) is 0 Å². The molecule has 0 aliphatic heterocycles. The fraction of sp³-hybridized carbons (Fsp3) is 0.333. The minimum atomic E-state index is -1.04. The third-order valence-electron chi connectivity index (χ3n) is 0.393. The molecular weight excluding hydrogens is 109 g/mol. The number of carboxylic acid groups (broad SMARTS) is 1. The van der Waals surface area contributed by atoms with Gasteiger partial charge >= 0.3 is 45.4 Å². The van der Waals surface area contributed by atoms with Gasteiger partial charge in [0.2, 0.25) is 0 Å². The first-order valence-electron chi connectivity index (χ1n) is 1.92. The molecule has 5 heteroatoms. The van der Waals surface area contributed by atoms with E-state index in [0.717, 1.165) is 6.11 Å². The second-order valence-corrected chi connectivity index (χ2v) is 1.02. The molecule has 0 saturated heterocycles. The van der Waals surface area contributed by atoms with Crippen molar-refractivity contribution in [2.75, 3.05) is 6.54 Å². The van der Waals surface area contributed by atoms with Crippen molar-refractivity contribution in [1.82, 2.24) is 0 Å². The minimum absolute atomic E-state index is 0.335. The average molecular weight is 113 g/mol. The Morgan fingerprint density at radius 3 is 2.88 bits per heavy atom. The van der Waals surface area contributed by atoms with Crippen LogP contribution in [0.25, 0.3) is 0 Å². The number of nitrogens with zero attached hydrogens (tertiary/aromatic N) is 1. The number of hydrogen-bond donors (Lipinski definition) is 1. The molecule has 0 amide bonds. The van der Waals surface area contributed by atoms with Gasteiger partial charge in [0.1, 0.15) is 0 Å². The molecule has 0 aliphatic rings. The van der Waals surface area contributed by atoms with E-state index in [1.54, 1.807) is 0 Å². The van der Waals surface area contributed by atoms with Crippen molar-refractivity contribution in [2.24, 2.45) is 4.99 Å². The predicted molar refractivity (Wildman–Crippen MR) is 27.4 cm³/mol. The van der Waals surface area contributed by atoms with E-state index in [1.807, 2.05) is 0 Å². The molecule has 0 aromatic heterocycles. The predicted octanol–water partition coefficient (Wildman–Crippen LogP) is -0.851. The van der Waals surface area contributed by atoms with Crippen LogP contribution in [-0.4, -0.2) is 30.9 Å². The van der Waals surface area contributed by atoms with Crippen molar-refractivity contribution < 1.29 is 14.6 Å². The SMILES string of the molecule is O=BC=NCC(=O)O. The molecule has 0 radical (unpaired) electrons. The molecular formula is C3H4BNO3. The zero-order valence-corrected chi connectivity index (χ0v) is 4.07. The number of aliphatic carboxylic acids is 1. The van der Waals surface area contributed by atoms with E-state index in [4.69, 9.17) is 5.11 Å². The molecule has 0 unspecified atom stereocenters. The van der Waals surface area contributed by atoms with Crippen LogP contribution in [0.1, 0.15) is 0 Å². The Labute approximate surface area is 46.5 Å². The third kappa shape index (κ3) is 5.00. The monoisotopic (exact) mass is 113 g/mol. The van der Waals surface area contributed by atoms with Gasteiger partial charge in [0.25, 0.3) is 0 Å². The van der Waals surface area contributed by atoms with Crippen molar-refractivity contribution in [3.05, 3.63) is 0 Å². The van der Waals surface area contributed by atoms with E-state index in [-0.39, 0.29) is 6.54 Å². The maximum absolute atomic E-state index is 9.64. The molecule has 0 heterocycles. The van der Waals surface area contributed by atoms with E-state index in [9.17, 15) is 9.50 Å². The summed E-state index contributed by atoms with van der Waals surface area (Å²) < 4.78 is 9.44. The molecule has 4 nitrogen and oxygen atoms in total. The fourth-order valence-electron chi connectivity index (χ4n) is 0.174. The Balaban J connectivity index is 3.29. The van der Waals surface area contributed by atoms with Crippen LogP contribution in [0, 0.1) is 0 Å². The van der Waals surface area contributed by atoms with Gasteiger partial charge in [-0.3, -0.25) is 0 Å². The summed E-state index contributed by atoms with van der Waals surface area (Å²) in [7, 11) is 0.433. The van der Waals surface area contributed by atoms with Gasteiger partial charge in [0.15, 0.2) is 0 Å². The van der Waals surface area contributed by atoms with Gasteiger partial charge in [-0.05, 0) is 0 Å². The molecule has 0 fully saturated rings. The van der Waals surface area contributed by atoms with Crippen molar-refractivity contribution in [3.63, 3.8) is 0 Å². The molecule has 0 spiro atoms. The van der Waals surface area contributed by atoms with Crippen LogP contribution in [0.15, 0.2) is 4.99 Å². The quantitative estimate of drug-likeness (QED) is 0.382. The van der Waals surface area contributed by atoms with Gasteiger partial charge in [-0.25, -0.2) is 0 Å². The van der Waals surface area contributed by atoms with Gasteiger partial charge in [-0.1, -0.05) is 0 Å². The summed E-state index contributed by atoms with van der Waals surface area (Å²) in [5.41, 5.74) is 0. The summed E-state index contributed by atoms with van der Waals surface area (Å²) >= 11 is 0. The summed E-state index contributed by atoms with van der Waals surface area (Å²) in [5, 5.41) is 7.91. The third-order valence-corrected chi connectivity index (χ3v) is 0.393. The normalized spacial score (nSPS) is 9.00. The van der Waals surface area contributed by atoms with Gasteiger partial charge in [-0.2, -0.15) is 0 Å². The van der Waals surface area contributed by atoms with Gasteiger partial charge in [-0.15, -0.1) is 0 Å². The number of hydrogen-bond acceptors (Lipinski definition) is 3. The van der Waals surface area contributed by atoms with E-state index >= 15 is 0 Å². The molecule has 0 rings (SSSR count). The molecule has 42 valence electrons. The van der Waals surface area contributed by atoms with Crippen LogP contribution < -0.4 is 0 Å². The standard InChI is InChI=1S/C3H4BNO3/c6-3(7)1-5-2-4-8/h2H,1H2,(H,6,7). The number of aliphatic imine (C=N–C) groups is 1. The van der Waals surface area contributed by atoms with E-state index < -0.39 is 5.97 Å². The number of carbonyl (C=O) groups is 1. The summed E-state index contributed by atoms with van der Waals surface area (Å²) in [4.78, 5) is 12.8. The Hall–Kier alpha value is -0.995. The topological polar surface area (TPSA) is 66.7 Å². The Kier molecular flexibility index (Phi) is 3.65. The van der Waals surface area contributed by atoms with Crippen molar-refractivity contribution in [1.29, 1.82) is 0 Å². The van der Waals surface area contributed by atoms with Crippen LogP contribution in [0.4, 0.5) is 0 Å². The van der Waals surface area contributed by atoms with Gasteiger partial charge < -0.3 is 0 Å². The summed E-state index contributed by atoms with van der Waals surface area (Å²) in [6.45, 7) is -0.335. The Morgan fingerprint density at radius 2 is 2.50 bits per heavy atom. The fourth-order valence-corrected chi connectivity index (χ4v) is 0.174. The molecule has 0 aromatic carbocycles. The van der Waals surface area contributed by atoms with E-state index in [0.29, 0.717) is 7.15 Å². The summed E-state index contributed by atoms with van der Waals surface area (Å²) in [5.74, 6) is -1.04. The number of rotatable bonds is 3. The number of carboxylic acids is 1. The Morgan fingerprint density at radius 1 is 1.88 bits per heavy atom. The summed E-state index contributed by atoms with van der Waals surface area (Å²) in [6, 6.07) is 0. The van der Waals surface area contributed by atoms with Gasteiger partial charge in [0.05, 0.1) is 0 Å². The molecule has 8 heavy (non-hydrogen) atoms. The van der Waals surface area contributed by atoms with Crippen LogP contribution in [0.3, 0.4) is 0 Å². The van der Waals surface area contributed by atoms with E-state index in [1.165, 1.54) is 0 Å². The Bertz CT molecular complexity index is 122. The molecule has 0 aromatic rings. The van der Waals surface area contributed by atoms with Crippen molar-refractivity contribution >= 4 is 19.2 Å². The second-order valence-electron chi connectivity index (χ2n) is 1.02.